The fourth-order valence-corrected chi connectivity index (χ4v) is 5.64. The Morgan fingerprint density at radius 1 is 1.10 bits per heavy atom. The van der Waals surface area contributed by atoms with Gasteiger partial charge in [-0.25, -0.2) is 13.4 Å². The maximum Gasteiger partial charge on any atom is 0.228 e. The maximum absolute atomic E-state index is 13.0. The van der Waals surface area contributed by atoms with E-state index in [9.17, 15) is 13.2 Å². The number of anilines is 1. The van der Waals surface area contributed by atoms with Crippen molar-refractivity contribution in [1.29, 1.82) is 0 Å². The highest BCUT2D eigenvalue weighted by Crippen LogP contribution is 2.31. The molecule has 0 spiro atoms. The second-order valence-corrected chi connectivity index (χ2v) is 11.2. The van der Waals surface area contributed by atoms with E-state index in [2.05, 4.69) is 4.98 Å². The number of hydrogen-bond donors (Lipinski definition) is 0. The number of hydrogen-bond acceptors (Lipinski definition) is 6. The highest BCUT2D eigenvalue weighted by molar-refractivity contribution is 7.91. The van der Waals surface area contributed by atoms with Gasteiger partial charge in [-0.1, -0.05) is 40.6 Å². The zero-order valence-corrected chi connectivity index (χ0v) is 20.2. The molecular weight excluding hydrogens is 454 g/mol. The zero-order valence-electron chi connectivity index (χ0n) is 17.8. The number of nitrogens with zero attached hydrogens (tertiary/aromatic N) is 3. The molecule has 0 aliphatic heterocycles. The quantitative estimate of drug-likeness (QED) is 0.454. The largest absolute Gasteiger partial charge is 0.308 e. The second-order valence-electron chi connectivity index (χ2n) is 7.69. The second kappa shape index (κ2) is 10.1. The summed E-state index contributed by atoms with van der Waals surface area (Å²) in [6.07, 6.45) is 0.388. The number of benzene rings is 2. The number of aromatic nitrogens is 1. The molecule has 0 atom stereocenters. The number of halogens is 1. The lowest BCUT2D eigenvalue weighted by Crippen LogP contribution is -2.36. The third-order valence-corrected chi connectivity index (χ3v) is 7.92. The summed E-state index contributed by atoms with van der Waals surface area (Å²) in [6, 6.07) is 12.2. The van der Waals surface area contributed by atoms with Crippen LogP contribution in [-0.2, 0) is 14.6 Å². The Morgan fingerprint density at radius 3 is 2.48 bits per heavy atom. The van der Waals surface area contributed by atoms with Gasteiger partial charge in [0.25, 0.3) is 0 Å². The van der Waals surface area contributed by atoms with E-state index in [1.54, 1.807) is 35.2 Å². The Hall–Kier alpha value is -2.00. The summed E-state index contributed by atoms with van der Waals surface area (Å²) in [5.41, 5.74) is 1.79. The lowest BCUT2D eigenvalue weighted by Gasteiger charge is -2.22. The van der Waals surface area contributed by atoms with E-state index in [4.69, 9.17) is 11.6 Å². The van der Waals surface area contributed by atoms with Gasteiger partial charge in [-0.2, -0.15) is 0 Å². The highest BCUT2D eigenvalue weighted by Gasteiger charge is 2.21. The molecule has 6 nitrogen and oxygen atoms in total. The summed E-state index contributed by atoms with van der Waals surface area (Å²) in [5, 5.41) is 1.22. The number of fused-ring (bicyclic) bond motifs is 1. The molecule has 1 heterocycles. The molecule has 0 radical (unpaired) electrons. The molecule has 0 fully saturated rings. The summed E-state index contributed by atoms with van der Waals surface area (Å²) in [5.74, 6) is -0.204. The fraction of sp³-hybridized carbons (Fsp3) is 0.364. The van der Waals surface area contributed by atoms with Gasteiger partial charge >= 0.3 is 0 Å². The average Bonchev–Trinajstić information content (AvgIpc) is 3.10. The van der Waals surface area contributed by atoms with Crippen LogP contribution in [0.4, 0.5) is 5.13 Å². The van der Waals surface area contributed by atoms with Gasteiger partial charge in [-0.3, -0.25) is 9.69 Å². The molecule has 31 heavy (non-hydrogen) atoms. The number of likely N-dealkylation sites (N-methyl/N-ethyl adjacent to an activating group) is 1. The number of carbonyl (C=O) groups is 1. The van der Waals surface area contributed by atoms with Crippen LogP contribution < -0.4 is 4.90 Å². The van der Waals surface area contributed by atoms with Gasteiger partial charge in [-0.05, 0) is 57.8 Å². The molecule has 1 amide bonds. The smallest absolute Gasteiger partial charge is 0.228 e. The summed E-state index contributed by atoms with van der Waals surface area (Å²) in [6.45, 7) is 3.06. The van der Waals surface area contributed by atoms with E-state index >= 15 is 0 Å². The van der Waals surface area contributed by atoms with Crippen LogP contribution in [0.5, 0.6) is 0 Å². The molecular formula is C22H26ClN3O3S2. The first-order chi connectivity index (χ1) is 14.7. The van der Waals surface area contributed by atoms with Gasteiger partial charge in [0.15, 0.2) is 15.0 Å². The molecule has 0 saturated heterocycles. The van der Waals surface area contributed by atoms with Crippen molar-refractivity contribution in [2.75, 3.05) is 37.8 Å². The van der Waals surface area contributed by atoms with Crippen LogP contribution in [-0.4, -0.2) is 57.1 Å². The van der Waals surface area contributed by atoms with Gasteiger partial charge in [0.05, 0.1) is 20.9 Å². The van der Waals surface area contributed by atoms with Crippen LogP contribution in [0.1, 0.15) is 18.4 Å². The molecule has 0 saturated carbocycles. The Bertz CT molecular complexity index is 1160. The van der Waals surface area contributed by atoms with Crippen LogP contribution in [0.15, 0.2) is 47.4 Å². The topological polar surface area (TPSA) is 70.6 Å². The van der Waals surface area contributed by atoms with Crippen molar-refractivity contribution in [1.82, 2.24) is 9.88 Å². The lowest BCUT2D eigenvalue weighted by atomic mass is 10.2. The van der Waals surface area contributed by atoms with Gasteiger partial charge in [0.1, 0.15) is 0 Å². The number of thiazole rings is 1. The Balaban J connectivity index is 1.71. The van der Waals surface area contributed by atoms with Crippen molar-refractivity contribution in [3.8, 4) is 0 Å². The van der Waals surface area contributed by atoms with E-state index in [-0.39, 0.29) is 29.4 Å². The first-order valence-corrected chi connectivity index (χ1v) is 12.8. The number of amides is 1. The number of sulfone groups is 1. The van der Waals surface area contributed by atoms with Crippen LogP contribution in [0, 0.1) is 6.92 Å². The fourth-order valence-electron chi connectivity index (χ4n) is 3.04. The minimum Gasteiger partial charge on any atom is -0.308 e. The Labute approximate surface area is 192 Å². The van der Waals surface area contributed by atoms with Crippen LogP contribution in [0.25, 0.3) is 10.2 Å². The van der Waals surface area contributed by atoms with Crippen molar-refractivity contribution < 1.29 is 13.2 Å². The zero-order chi connectivity index (χ0) is 22.6. The Kier molecular flexibility index (Phi) is 7.69. The van der Waals surface area contributed by atoms with Crippen molar-refractivity contribution in [3.63, 3.8) is 0 Å². The minimum absolute atomic E-state index is 0.0707. The molecule has 1 aromatic heterocycles. The predicted molar refractivity (Wildman–Crippen MR) is 128 cm³/mol. The van der Waals surface area contributed by atoms with Gasteiger partial charge < -0.3 is 4.90 Å². The normalized spacial score (nSPS) is 11.9. The van der Waals surface area contributed by atoms with E-state index < -0.39 is 9.84 Å². The maximum atomic E-state index is 13.0. The molecule has 3 rings (SSSR count). The minimum atomic E-state index is -3.42. The highest BCUT2D eigenvalue weighted by atomic mass is 35.5. The molecule has 9 heteroatoms. The van der Waals surface area contributed by atoms with Crippen molar-refractivity contribution >= 4 is 54.0 Å². The van der Waals surface area contributed by atoms with Gasteiger partial charge in [0, 0.05) is 24.5 Å². The molecule has 0 N–H and O–H groups in total. The SMILES string of the molecule is Cc1ccc(S(=O)(=O)CCCC(=O)N(CCN(C)C)c2nc3ccc(Cl)cc3s2)cc1. The lowest BCUT2D eigenvalue weighted by molar-refractivity contribution is -0.118. The predicted octanol–water partition coefficient (Wildman–Crippen LogP) is 4.41. The molecule has 0 bridgehead atoms. The Morgan fingerprint density at radius 2 is 1.81 bits per heavy atom. The van der Waals surface area contributed by atoms with Crippen LogP contribution in [0.3, 0.4) is 0 Å². The van der Waals surface area contributed by atoms with E-state index in [1.165, 1.54) is 11.3 Å². The molecule has 0 aliphatic rings. The summed E-state index contributed by atoms with van der Waals surface area (Å²) < 4.78 is 26.1. The third kappa shape index (κ3) is 6.26. The number of carbonyl (C=O) groups excluding carboxylic acids is 1. The van der Waals surface area contributed by atoms with Gasteiger partial charge in [-0.15, -0.1) is 0 Å². The van der Waals surface area contributed by atoms with Crippen molar-refractivity contribution in [3.05, 3.63) is 53.1 Å². The van der Waals surface area contributed by atoms with Gasteiger partial charge in [0.2, 0.25) is 5.91 Å². The standard InChI is InChI=1S/C22H26ClN3O3S2/c1-16-6-9-18(10-7-16)31(28,29)14-4-5-21(27)26(13-12-25(2)3)22-24-19-11-8-17(23)15-20(19)30-22/h6-11,15H,4-5,12-14H2,1-3H3. The van der Waals surface area contributed by atoms with Crippen LogP contribution in [0.2, 0.25) is 5.02 Å². The summed E-state index contributed by atoms with van der Waals surface area (Å²) in [7, 11) is 0.458. The number of rotatable bonds is 9. The number of aryl methyl sites for hydroxylation is 1. The average molecular weight is 480 g/mol. The van der Waals surface area contributed by atoms with Crippen molar-refractivity contribution in [2.45, 2.75) is 24.7 Å². The molecule has 2 aromatic carbocycles. The molecule has 3 aromatic rings. The van der Waals surface area contributed by atoms with Crippen molar-refractivity contribution in [2.24, 2.45) is 0 Å². The third-order valence-electron chi connectivity index (χ3n) is 4.83. The summed E-state index contributed by atoms with van der Waals surface area (Å²) in [4.78, 5) is 21.5. The van der Waals surface area contributed by atoms with E-state index in [1.807, 2.05) is 38.1 Å². The summed E-state index contributed by atoms with van der Waals surface area (Å²) >= 11 is 7.49. The monoisotopic (exact) mass is 479 g/mol. The first kappa shape index (κ1) is 23.7. The molecule has 0 unspecified atom stereocenters. The molecule has 166 valence electrons. The molecule has 0 aliphatic carbocycles. The van der Waals surface area contributed by atoms with E-state index in [0.29, 0.717) is 23.2 Å². The van der Waals surface area contributed by atoms with E-state index in [0.717, 1.165) is 15.8 Å². The first-order valence-electron chi connectivity index (χ1n) is 9.96. The van der Waals surface area contributed by atoms with Crippen LogP contribution >= 0.6 is 22.9 Å².